The average Bonchev–Trinajstić information content (AvgIpc) is 2.55. The maximum Gasteiger partial charge on any atom is 0.0968 e. The topological polar surface area (TPSA) is 43.0 Å². The van der Waals surface area contributed by atoms with E-state index in [1.807, 2.05) is 0 Å². The summed E-state index contributed by atoms with van der Waals surface area (Å²) < 4.78 is 2.21. The van der Waals surface area contributed by atoms with Crippen LogP contribution in [0.1, 0.15) is 17.4 Å². The predicted octanol–water partition coefficient (Wildman–Crippen LogP) is 1.70. The Morgan fingerprint density at radius 3 is 2.94 bits per heavy atom. The fourth-order valence-corrected chi connectivity index (χ4v) is 2.60. The molecule has 0 fully saturated rings. The number of rotatable bonds is 0. The maximum absolute atomic E-state index is 6.08. The van der Waals surface area contributed by atoms with Crippen molar-refractivity contribution in [2.24, 2.45) is 12.8 Å². The molecule has 1 aliphatic heterocycles. The molecule has 0 saturated heterocycles. The van der Waals surface area contributed by atoms with Gasteiger partial charge in [-0.1, -0.05) is 18.2 Å². The second-order valence-electron chi connectivity index (χ2n) is 4.12. The number of hydrogen-bond acceptors (Lipinski definition) is 2. The minimum absolute atomic E-state index is 0. The molecule has 0 radical (unpaired) electrons. The molecule has 0 bridgehead atoms. The molecule has 0 spiro atoms. The highest BCUT2D eigenvalue weighted by molar-refractivity contribution is 5.86. The van der Waals surface area contributed by atoms with Gasteiger partial charge >= 0.3 is 0 Å². The zero-order valence-electron chi connectivity index (χ0n) is 9.23. The van der Waals surface area contributed by atoms with E-state index in [9.17, 15) is 0 Å². The van der Waals surface area contributed by atoms with E-state index in [1.54, 1.807) is 0 Å². The Kier molecular flexibility index (Phi) is 2.93. The third-order valence-corrected chi connectivity index (χ3v) is 3.29. The number of nitrogens with one attached hydrogen (secondary N) is 1. The van der Waals surface area contributed by atoms with Crippen molar-refractivity contribution in [3.63, 3.8) is 0 Å². The molecule has 0 saturated carbocycles. The largest absolute Gasteiger partial charge is 0.345 e. The SMILES string of the molecule is Cl.Cn1c2c(c3ccccc31)CCNC2N. The van der Waals surface area contributed by atoms with E-state index in [-0.39, 0.29) is 18.6 Å². The zero-order valence-corrected chi connectivity index (χ0v) is 10.1. The molecule has 86 valence electrons. The lowest BCUT2D eigenvalue weighted by atomic mass is 10.0. The molecule has 16 heavy (non-hydrogen) atoms. The number of nitrogens with two attached hydrogens (primary N) is 1. The number of nitrogens with zero attached hydrogens (tertiary/aromatic N) is 1. The van der Waals surface area contributed by atoms with E-state index in [4.69, 9.17) is 5.73 Å². The van der Waals surface area contributed by atoms with Gasteiger partial charge in [-0.2, -0.15) is 0 Å². The molecule has 1 aromatic carbocycles. The minimum atomic E-state index is -0.0221. The van der Waals surface area contributed by atoms with Gasteiger partial charge in [0.15, 0.2) is 0 Å². The molecule has 1 aliphatic rings. The Labute approximate surface area is 101 Å². The fraction of sp³-hybridized carbons (Fsp3) is 0.333. The number of aryl methyl sites for hydroxylation is 1. The molecular formula is C12H16ClN3. The highest BCUT2D eigenvalue weighted by Crippen LogP contribution is 2.30. The molecule has 0 aliphatic carbocycles. The van der Waals surface area contributed by atoms with Gasteiger partial charge < -0.3 is 10.3 Å². The normalized spacial score (nSPS) is 19.2. The summed E-state index contributed by atoms with van der Waals surface area (Å²) in [5.41, 5.74) is 10.0. The van der Waals surface area contributed by atoms with Gasteiger partial charge in [-0.25, -0.2) is 0 Å². The van der Waals surface area contributed by atoms with Gasteiger partial charge in [0.2, 0.25) is 0 Å². The first-order chi connectivity index (χ1) is 7.29. The van der Waals surface area contributed by atoms with E-state index in [1.165, 1.54) is 22.2 Å². The van der Waals surface area contributed by atoms with Crippen LogP contribution in [0.4, 0.5) is 0 Å². The third kappa shape index (κ3) is 1.44. The molecule has 3 rings (SSSR count). The van der Waals surface area contributed by atoms with E-state index in [2.05, 4.69) is 41.2 Å². The number of aromatic nitrogens is 1. The van der Waals surface area contributed by atoms with Gasteiger partial charge in [-0.15, -0.1) is 12.4 Å². The number of fused-ring (bicyclic) bond motifs is 3. The Balaban J connectivity index is 0.000000963. The van der Waals surface area contributed by atoms with Crippen molar-refractivity contribution in [1.82, 2.24) is 9.88 Å². The van der Waals surface area contributed by atoms with Crippen LogP contribution in [-0.4, -0.2) is 11.1 Å². The second-order valence-corrected chi connectivity index (χ2v) is 4.12. The molecular weight excluding hydrogens is 222 g/mol. The molecule has 2 heterocycles. The lowest BCUT2D eigenvalue weighted by Crippen LogP contribution is -2.36. The molecule has 4 heteroatoms. The molecule has 0 amide bonds. The first-order valence-corrected chi connectivity index (χ1v) is 5.34. The van der Waals surface area contributed by atoms with E-state index < -0.39 is 0 Å². The maximum atomic E-state index is 6.08. The van der Waals surface area contributed by atoms with Crippen LogP contribution in [0.3, 0.4) is 0 Å². The van der Waals surface area contributed by atoms with E-state index in [0.29, 0.717) is 0 Å². The van der Waals surface area contributed by atoms with Crippen LogP contribution in [0.15, 0.2) is 24.3 Å². The van der Waals surface area contributed by atoms with Crippen molar-refractivity contribution in [1.29, 1.82) is 0 Å². The van der Waals surface area contributed by atoms with Crippen LogP contribution in [0.2, 0.25) is 0 Å². The van der Waals surface area contributed by atoms with Crippen LogP contribution in [0.25, 0.3) is 10.9 Å². The van der Waals surface area contributed by atoms with Crippen LogP contribution in [-0.2, 0) is 13.5 Å². The summed E-state index contributed by atoms with van der Waals surface area (Å²) in [6, 6.07) is 8.51. The molecule has 1 aromatic heterocycles. The molecule has 3 N–H and O–H groups in total. The summed E-state index contributed by atoms with van der Waals surface area (Å²) in [7, 11) is 2.09. The Hall–Kier alpha value is -1.03. The molecule has 2 aromatic rings. The van der Waals surface area contributed by atoms with Gasteiger partial charge in [0.25, 0.3) is 0 Å². The van der Waals surface area contributed by atoms with Gasteiger partial charge in [-0.3, -0.25) is 5.32 Å². The van der Waals surface area contributed by atoms with Crippen molar-refractivity contribution < 1.29 is 0 Å². The number of para-hydroxylation sites is 1. The number of halogens is 1. The van der Waals surface area contributed by atoms with Crippen molar-refractivity contribution in [3.05, 3.63) is 35.5 Å². The summed E-state index contributed by atoms with van der Waals surface area (Å²) in [6.07, 6.45) is 1.05. The lowest BCUT2D eigenvalue weighted by molar-refractivity contribution is 0.497. The third-order valence-electron chi connectivity index (χ3n) is 3.29. The van der Waals surface area contributed by atoms with Gasteiger partial charge in [0.05, 0.1) is 11.9 Å². The predicted molar refractivity (Wildman–Crippen MR) is 68.8 cm³/mol. The van der Waals surface area contributed by atoms with Crippen LogP contribution in [0, 0.1) is 0 Å². The van der Waals surface area contributed by atoms with Gasteiger partial charge in [-0.05, 0) is 18.1 Å². The second kappa shape index (κ2) is 4.09. The Bertz CT molecular complexity index is 518. The quantitative estimate of drug-likeness (QED) is 0.733. The van der Waals surface area contributed by atoms with E-state index in [0.717, 1.165) is 13.0 Å². The molecule has 1 unspecified atom stereocenters. The number of benzene rings is 1. The van der Waals surface area contributed by atoms with Crippen molar-refractivity contribution in [3.8, 4) is 0 Å². The highest BCUT2D eigenvalue weighted by Gasteiger charge is 2.22. The van der Waals surface area contributed by atoms with E-state index >= 15 is 0 Å². The molecule has 1 atom stereocenters. The highest BCUT2D eigenvalue weighted by atomic mass is 35.5. The van der Waals surface area contributed by atoms with Crippen molar-refractivity contribution >= 4 is 23.3 Å². The first kappa shape index (κ1) is 11.5. The van der Waals surface area contributed by atoms with Gasteiger partial charge in [0.1, 0.15) is 0 Å². The van der Waals surface area contributed by atoms with Crippen molar-refractivity contribution in [2.75, 3.05) is 6.54 Å². The van der Waals surface area contributed by atoms with Crippen LogP contribution in [0.5, 0.6) is 0 Å². The minimum Gasteiger partial charge on any atom is -0.345 e. The zero-order chi connectivity index (χ0) is 10.4. The monoisotopic (exact) mass is 237 g/mol. The fourth-order valence-electron chi connectivity index (χ4n) is 2.60. The van der Waals surface area contributed by atoms with Crippen LogP contribution >= 0.6 is 12.4 Å². The Morgan fingerprint density at radius 2 is 2.12 bits per heavy atom. The smallest absolute Gasteiger partial charge is 0.0968 e. The van der Waals surface area contributed by atoms with Crippen molar-refractivity contribution in [2.45, 2.75) is 12.6 Å². The summed E-state index contributed by atoms with van der Waals surface area (Å²) in [4.78, 5) is 0. The first-order valence-electron chi connectivity index (χ1n) is 5.34. The average molecular weight is 238 g/mol. The lowest BCUT2D eigenvalue weighted by Gasteiger charge is -2.22. The molecule has 3 nitrogen and oxygen atoms in total. The Morgan fingerprint density at radius 1 is 1.38 bits per heavy atom. The van der Waals surface area contributed by atoms with Gasteiger partial charge in [0, 0.05) is 24.5 Å². The number of hydrogen-bond donors (Lipinski definition) is 2. The summed E-state index contributed by atoms with van der Waals surface area (Å²) in [5, 5.41) is 4.65. The van der Waals surface area contributed by atoms with Crippen LogP contribution < -0.4 is 11.1 Å². The standard InChI is InChI=1S/C12H15N3.ClH/c1-15-10-5-3-2-4-8(10)9-6-7-14-12(13)11(9)15;/h2-5,12,14H,6-7,13H2,1H3;1H. The summed E-state index contributed by atoms with van der Waals surface area (Å²) in [5.74, 6) is 0. The summed E-state index contributed by atoms with van der Waals surface area (Å²) in [6.45, 7) is 0.974. The summed E-state index contributed by atoms with van der Waals surface area (Å²) >= 11 is 0.